The molecule has 37 heavy (non-hydrogen) atoms. The molecule has 2 aromatic rings. The Hall–Kier alpha value is -3.30. The Morgan fingerprint density at radius 3 is 2.49 bits per heavy atom. The number of amides is 3. The van der Waals surface area contributed by atoms with Gasteiger partial charge in [-0.2, -0.15) is 0 Å². The van der Waals surface area contributed by atoms with E-state index in [0.29, 0.717) is 29.3 Å². The van der Waals surface area contributed by atoms with Crippen molar-refractivity contribution in [3.63, 3.8) is 0 Å². The smallest absolute Gasteiger partial charge is 0.323 e. The molecule has 9 nitrogen and oxygen atoms in total. The number of hydrogen-bond donors (Lipinski definition) is 4. The van der Waals surface area contributed by atoms with Gasteiger partial charge in [-0.15, -0.1) is 0 Å². The number of benzene rings is 2. The molecule has 2 heterocycles. The summed E-state index contributed by atoms with van der Waals surface area (Å²) in [5.41, 5.74) is 2.23. The zero-order valence-corrected chi connectivity index (χ0v) is 21.1. The van der Waals surface area contributed by atoms with E-state index < -0.39 is 6.10 Å². The average molecular weight is 510 g/mol. The first-order valence-electron chi connectivity index (χ1n) is 13.1. The van der Waals surface area contributed by atoms with Gasteiger partial charge in [0.05, 0.1) is 26.2 Å². The minimum Gasteiger partial charge on any atom is -0.497 e. The van der Waals surface area contributed by atoms with Crippen LogP contribution in [0.4, 0.5) is 16.2 Å². The van der Waals surface area contributed by atoms with Crippen molar-refractivity contribution >= 4 is 23.3 Å². The number of urea groups is 1. The minimum absolute atomic E-state index is 0.00296. The number of rotatable bonds is 7. The molecule has 3 amide bonds. The lowest BCUT2D eigenvalue weighted by molar-refractivity contribution is -0.142. The molecule has 198 valence electrons. The van der Waals surface area contributed by atoms with E-state index in [0.717, 1.165) is 31.2 Å². The number of methoxy groups -OCH3 is 1. The zero-order chi connectivity index (χ0) is 25.8. The van der Waals surface area contributed by atoms with Gasteiger partial charge in [0.15, 0.2) is 0 Å². The van der Waals surface area contributed by atoms with Crippen LogP contribution >= 0.6 is 0 Å². The van der Waals surface area contributed by atoms with E-state index in [1.807, 2.05) is 12.1 Å². The molecule has 1 saturated heterocycles. The van der Waals surface area contributed by atoms with Crippen molar-refractivity contribution in [2.75, 3.05) is 24.4 Å². The van der Waals surface area contributed by atoms with E-state index in [2.05, 4.69) is 16.0 Å². The predicted octanol–water partition coefficient (Wildman–Crippen LogP) is 4.17. The lowest BCUT2D eigenvalue weighted by atomic mass is 9.84. The molecule has 2 aromatic carbocycles. The fourth-order valence-corrected chi connectivity index (χ4v) is 5.67. The molecule has 2 aliphatic heterocycles. The number of carbonyl (C=O) groups excluding carboxylic acids is 2. The molecule has 2 fully saturated rings. The number of nitrogens with one attached hydrogen (secondary N) is 3. The van der Waals surface area contributed by atoms with Gasteiger partial charge in [-0.1, -0.05) is 19.3 Å². The van der Waals surface area contributed by atoms with Crippen molar-refractivity contribution in [3.05, 3.63) is 48.0 Å². The molecule has 4 N–H and O–H groups in total. The molecular formula is C28H35N3O6. The Bertz CT molecular complexity index is 1100. The van der Waals surface area contributed by atoms with Crippen molar-refractivity contribution in [2.24, 2.45) is 0 Å². The van der Waals surface area contributed by atoms with E-state index >= 15 is 0 Å². The summed E-state index contributed by atoms with van der Waals surface area (Å²) in [4.78, 5) is 25.3. The molecule has 0 bridgehead atoms. The van der Waals surface area contributed by atoms with Crippen molar-refractivity contribution in [3.8, 4) is 11.5 Å². The SMILES string of the molecule is COc1ccc(NC(=O)Nc2ccc3c(c2)[C@H]2C[C@@H](CC(=O)NC4CCCCC4)O[C@@H](CO)[C@H]2O3)cc1. The van der Waals surface area contributed by atoms with E-state index in [1.54, 1.807) is 37.4 Å². The summed E-state index contributed by atoms with van der Waals surface area (Å²) in [5, 5.41) is 18.8. The Morgan fingerprint density at radius 1 is 1.03 bits per heavy atom. The molecule has 0 spiro atoms. The van der Waals surface area contributed by atoms with Crippen LogP contribution in [0.25, 0.3) is 0 Å². The van der Waals surface area contributed by atoms with Crippen LogP contribution in [0.1, 0.15) is 56.4 Å². The molecule has 0 aromatic heterocycles. The number of aliphatic hydroxyl groups is 1. The maximum absolute atomic E-state index is 12.7. The second-order valence-corrected chi connectivity index (χ2v) is 10.1. The number of carbonyl (C=O) groups is 2. The highest BCUT2D eigenvalue weighted by Crippen LogP contribution is 2.47. The van der Waals surface area contributed by atoms with Crippen molar-refractivity contribution in [1.29, 1.82) is 0 Å². The van der Waals surface area contributed by atoms with Crippen LogP contribution in [0, 0.1) is 0 Å². The summed E-state index contributed by atoms with van der Waals surface area (Å²) in [6.45, 7) is -0.189. The van der Waals surface area contributed by atoms with Crippen molar-refractivity contribution < 1.29 is 28.9 Å². The Kier molecular flexibility index (Phi) is 7.81. The first-order chi connectivity index (χ1) is 18.0. The van der Waals surface area contributed by atoms with Crippen LogP contribution in [-0.4, -0.2) is 55.1 Å². The van der Waals surface area contributed by atoms with Gasteiger partial charge in [0.1, 0.15) is 23.7 Å². The summed E-state index contributed by atoms with van der Waals surface area (Å²) in [6, 6.07) is 12.5. The maximum atomic E-state index is 12.7. The molecule has 0 radical (unpaired) electrons. The fourth-order valence-electron chi connectivity index (χ4n) is 5.67. The maximum Gasteiger partial charge on any atom is 0.323 e. The van der Waals surface area contributed by atoms with E-state index in [-0.39, 0.29) is 49.1 Å². The lowest BCUT2D eigenvalue weighted by Crippen LogP contribution is -2.48. The Balaban J connectivity index is 1.23. The second-order valence-electron chi connectivity index (χ2n) is 10.1. The standard InChI is InChI=1S/C28H35N3O6/c1-35-20-10-7-18(8-11-20)30-28(34)31-19-9-12-24-22(13-19)23-14-21(36-25(16-32)27(23)37-24)15-26(33)29-17-5-3-2-4-6-17/h7-13,17,21,23,25,27,32H,2-6,14-16H2,1H3,(H,29,33)(H2,30,31,34)/t21-,23+,25-,27-/m0/s1. The third kappa shape index (κ3) is 5.99. The minimum atomic E-state index is -0.520. The first-order valence-corrected chi connectivity index (χ1v) is 13.1. The van der Waals surface area contributed by atoms with Gasteiger partial charge in [0.25, 0.3) is 0 Å². The fraction of sp³-hybridized carbons (Fsp3) is 0.500. The quantitative estimate of drug-likeness (QED) is 0.445. The third-order valence-corrected chi connectivity index (χ3v) is 7.49. The van der Waals surface area contributed by atoms with Gasteiger partial charge in [-0.3, -0.25) is 4.79 Å². The topological polar surface area (TPSA) is 118 Å². The number of anilines is 2. The van der Waals surface area contributed by atoms with Gasteiger partial charge in [0, 0.05) is 28.9 Å². The molecule has 9 heteroatoms. The zero-order valence-electron chi connectivity index (χ0n) is 21.1. The molecule has 4 atom stereocenters. The summed E-state index contributed by atoms with van der Waals surface area (Å²) in [5.74, 6) is 1.38. The largest absolute Gasteiger partial charge is 0.497 e. The van der Waals surface area contributed by atoms with Gasteiger partial charge in [-0.25, -0.2) is 4.79 Å². The Labute approximate surface area is 216 Å². The highest BCUT2D eigenvalue weighted by molar-refractivity contribution is 5.99. The normalized spacial score (nSPS) is 24.8. The Morgan fingerprint density at radius 2 is 1.76 bits per heavy atom. The molecule has 3 aliphatic rings. The highest BCUT2D eigenvalue weighted by atomic mass is 16.6. The summed E-state index contributed by atoms with van der Waals surface area (Å²) < 4.78 is 17.4. The molecule has 1 aliphatic carbocycles. The van der Waals surface area contributed by atoms with Crippen molar-refractivity contribution in [2.45, 2.75) is 75.2 Å². The van der Waals surface area contributed by atoms with Crippen LogP contribution in [0.5, 0.6) is 11.5 Å². The van der Waals surface area contributed by atoms with Crippen LogP contribution in [-0.2, 0) is 9.53 Å². The highest BCUT2D eigenvalue weighted by Gasteiger charge is 2.46. The van der Waals surface area contributed by atoms with Crippen LogP contribution in [0.3, 0.4) is 0 Å². The van der Waals surface area contributed by atoms with Crippen molar-refractivity contribution in [1.82, 2.24) is 5.32 Å². The first kappa shape index (κ1) is 25.4. The molecule has 5 rings (SSSR count). The second kappa shape index (κ2) is 11.4. The van der Waals surface area contributed by atoms with Crippen LogP contribution in [0.2, 0.25) is 0 Å². The van der Waals surface area contributed by atoms with Gasteiger partial charge >= 0.3 is 6.03 Å². The number of hydrogen-bond acceptors (Lipinski definition) is 6. The summed E-state index contributed by atoms with van der Waals surface area (Å²) >= 11 is 0. The van der Waals surface area contributed by atoms with E-state index in [1.165, 1.54) is 6.42 Å². The molecule has 0 unspecified atom stereocenters. The van der Waals surface area contributed by atoms with Crippen LogP contribution in [0.15, 0.2) is 42.5 Å². The van der Waals surface area contributed by atoms with E-state index in [9.17, 15) is 14.7 Å². The summed E-state index contributed by atoms with van der Waals surface area (Å²) in [7, 11) is 1.59. The average Bonchev–Trinajstić information content (AvgIpc) is 3.27. The molecular weight excluding hydrogens is 474 g/mol. The van der Waals surface area contributed by atoms with E-state index in [4.69, 9.17) is 14.2 Å². The summed E-state index contributed by atoms with van der Waals surface area (Å²) in [6.07, 6.45) is 5.31. The third-order valence-electron chi connectivity index (χ3n) is 7.49. The van der Waals surface area contributed by atoms with Crippen LogP contribution < -0.4 is 25.4 Å². The van der Waals surface area contributed by atoms with Gasteiger partial charge in [0.2, 0.25) is 5.91 Å². The van der Waals surface area contributed by atoms with Gasteiger partial charge < -0.3 is 35.3 Å². The van der Waals surface area contributed by atoms with Gasteiger partial charge in [-0.05, 0) is 61.7 Å². The number of aliphatic hydroxyl groups excluding tert-OH is 1. The number of ether oxygens (including phenoxy) is 3. The molecule has 1 saturated carbocycles. The monoisotopic (exact) mass is 509 g/mol. The number of fused-ring (bicyclic) bond motifs is 3. The predicted molar refractivity (Wildman–Crippen MR) is 139 cm³/mol. The lowest BCUT2D eigenvalue weighted by Gasteiger charge is -2.37.